The summed E-state index contributed by atoms with van der Waals surface area (Å²) >= 11 is 0. The number of aromatic nitrogens is 4. The number of benzene rings is 2. The normalized spacial score (nSPS) is 11.3. The van der Waals surface area contributed by atoms with Gasteiger partial charge in [-0.3, -0.25) is 0 Å². The van der Waals surface area contributed by atoms with E-state index < -0.39 is 11.8 Å². The number of nitrogens with one attached hydrogen (secondary N) is 3. The van der Waals surface area contributed by atoms with Crippen LogP contribution in [0, 0.1) is 12.7 Å². The molecule has 2 amide bonds. The standard InChI is InChI=1S/C25H26FN7O/c1-14-5-7-17(8-6-14)29-24(34)30-18-12-15(11-16(26)13-18)20-21(19-9-10-28-23(27)31-19)33-22(32-20)25(2,3)4/h5-13H,1-4H3,(H,32,33)(H2,27,28,31)(H2,29,30,34). The molecule has 2 aromatic heterocycles. The van der Waals surface area contributed by atoms with Gasteiger partial charge in [-0.2, -0.15) is 0 Å². The zero-order valence-electron chi connectivity index (χ0n) is 19.4. The Morgan fingerprint density at radius 1 is 1.00 bits per heavy atom. The summed E-state index contributed by atoms with van der Waals surface area (Å²) in [4.78, 5) is 28.8. The Balaban J connectivity index is 1.70. The van der Waals surface area contributed by atoms with E-state index in [9.17, 15) is 9.18 Å². The van der Waals surface area contributed by atoms with Crippen molar-refractivity contribution in [3.05, 3.63) is 71.9 Å². The first-order valence-corrected chi connectivity index (χ1v) is 10.7. The van der Waals surface area contributed by atoms with Crippen LogP contribution in [0.15, 0.2) is 54.7 Å². The molecule has 0 spiro atoms. The SMILES string of the molecule is Cc1ccc(NC(=O)Nc2cc(F)cc(-c3nc(C(C)(C)C)[nH]c3-c3ccnc(N)n3)c2)cc1. The Morgan fingerprint density at radius 2 is 1.71 bits per heavy atom. The number of amides is 2. The van der Waals surface area contributed by atoms with Crippen molar-refractivity contribution >= 4 is 23.4 Å². The summed E-state index contributed by atoms with van der Waals surface area (Å²) < 4.78 is 14.6. The second-order valence-electron chi connectivity index (χ2n) is 9.03. The molecule has 0 aliphatic carbocycles. The molecule has 9 heteroatoms. The predicted molar refractivity (Wildman–Crippen MR) is 132 cm³/mol. The molecule has 0 saturated carbocycles. The Bertz CT molecular complexity index is 1340. The molecule has 2 heterocycles. The van der Waals surface area contributed by atoms with Crippen LogP contribution in [0.5, 0.6) is 0 Å². The molecule has 0 aliphatic heterocycles. The zero-order valence-corrected chi connectivity index (χ0v) is 19.4. The van der Waals surface area contributed by atoms with Crippen LogP contribution in [0.25, 0.3) is 22.6 Å². The topological polar surface area (TPSA) is 122 Å². The number of urea groups is 1. The number of nitrogens with zero attached hydrogens (tertiary/aromatic N) is 3. The van der Waals surface area contributed by atoms with Gasteiger partial charge in [-0.15, -0.1) is 0 Å². The van der Waals surface area contributed by atoms with Crippen LogP contribution in [0.2, 0.25) is 0 Å². The van der Waals surface area contributed by atoms with E-state index in [-0.39, 0.29) is 17.1 Å². The number of H-pyrrole nitrogens is 1. The number of nitrogen functional groups attached to an aromatic ring is 1. The number of imidazole rings is 1. The minimum absolute atomic E-state index is 0.115. The van der Waals surface area contributed by atoms with Crippen LogP contribution in [-0.2, 0) is 5.41 Å². The number of hydrogen-bond donors (Lipinski definition) is 4. The molecule has 0 saturated heterocycles. The van der Waals surface area contributed by atoms with Gasteiger partial charge in [0.1, 0.15) is 11.6 Å². The van der Waals surface area contributed by atoms with Gasteiger partial charge >= 0.3 is 6.03 Å². The molecule has 0 unspecified atom stereocenters. The van der Waals surface area contributed by atoms with Crippen LogP contribution < -0.4 is 16.4 Å². The van der Waals surface area contributed by atoms with Gasteiger partial charge in [0, 0.05) is 28.6 Å². The Morgan fingerprint density at radius 3 is 2.38 bits per heavy atom. The maximum Gasteiger partial charge on any atom is 0.323 e. The minimum Gasteiger partial charge on any atom is -0.368 e. The van der Waals surface area contributed by atoms with Crippen molar-refractivity contribution in [1.29, 1.82) is 0 Å². The molecular weight excluding hydrogens is 433 g/mol. The first kappa shape index (κ1) is 22.9. The Hall–Kier alpha value is -4.27. The van der Waals surface area contributed by atoms with Gasteiger partial charge in [0.15, 0.2) is 0 Å². The van der Waals surface area contributed by atoms with Crippen LogP contribution in [0.3, 0.4) is 0 Å². The summed E-state index contributed by atoms with van der Waals surface area (Å²) in [5.41, 5.74) is 9.56. The first-order valence-electron chi connectivity index (χ1n) is 10.7. The van der Waals surface area contributed by atoms with E-state index in [0.717, 1.165) is 5.56 Å². The largest absolute Gasteiger partial charge is 0.368 e. The lowest BCUT2D eigenvalue weighted by atomic mass is 9.96. The molecule has 4 aromatic rings. The molecule has 0 atom stereocenters. The summed E-state index contributed by atoms with van der Waals surface area (Å²) in [6.45, 7) is 8.01. The minimum atomic E-state index is -0.517. The third-order valence-electron chi connectivity index (χ3n) is 5.08. The van der Waals surface area contributed by atoms with Gasteiger partial charge in [-0.05, 0) is 43.3 Å². The molecule has 0 radical (unpaired) electrons. The van der Waals surface area contributed by atoms with E-state index in [1.54, 1.807) is 30.5 Å². The lowest BCUT2D eigenvalue weighted by Gasteiger charge is -2.14. The number of halogens is 1. The van der Waals surface area contributed by atoms with Crippen molar-refractivity contribution in [2.45, 2.75) is 33.1 Å². The summed E-state index contributed by atoms with van der Waals surface area (Å²) in [7, 11) is 0. The highest BCUT2D eigenvalue weighted by molar-refractivity contribution is 6.00. The summed E-state index contributed by atoms with van der Waals surface area (Å²) in [6.07, 6.45) is 1.55. The third-order valence-corrected chi connectivity index (χ3v) is 5.08. The Labute approximate surface area is 196 Å². The van der Waals surface area contributed by atoms with E-state index in [1.165, 1.54) is 12.1 Å². The number of nitrogens with two attached hydrogens (primary N) is 1. The maximum absolute atomic E-state index is 14.6. The number of carbonyl (C=O) groups excluding carboxylic acids is 1. The number of hydrogen-bond acceptors (Lipinski definition) is 5. The monoisotopic (exact) mass is 459 g/mol. The molecule has 2 aromatic carbocycles. The van der Waals surface area contributed by atoms with Gasteiger partial charge in [-0.1, -0.05) is 38.5 Å². The quantitative estimate of drug-likeness (QED) is 0.321. The molecule has 0 fully saturated rings. The van der Waals surface area contributed by atoms with Crippen molar-refractivity contribution in [3.8, 4) is 22.6 Å². The number of carbonyl (C=O) groups is 1. The second-order valence-corrected chi connectivity index (χ2v) is 9.03. The molecule has 0 bridgehead atoms. The van der Waals surface area contributed by atoms with E-state index >= 15 is 0 Å². The van der Waals surface area contributed by atoms with Crippen LogP contribution in [-0.4, -0.2) is 26.0 Å². The second kappa shape index (κ2) is 8.93. The predicted octanol–water partition coefficient (Wildman–Crippen LogP) is 5.50. The molecule has 34 heavy (non-hydrogen) atoms. The molecule has 0 aliphatic rings. The summed E-state index contributed by atoms with van der Waals surface area (Å²) in [6, 6.07) is 12.9. The van der Waals surface area contributed by atoms with Crippen molar-refractivity contribution < 1.29 is 9.18 Å². The van der Waals surface area contributed by atoms with E-state index in [0.29, 0.717) is 34.2 Å². The number of rotatable bonds is 4. The maximum atomic E-state index is 14.6. The van der Waals surface area contributed by atoms with Crippen molar-refractivity contribution in [2.24, 2.45) is 0 Å². The smallest absolute Gasteiger partial charge is 0.323 e. The van der Waals surface area contributed by atoms with E-state index in [2.05, 4.69) is 25.6 Å². The summed E-state index contributed by atoms with van der Waals surface area (Å²) in [5.74, 6) is 0.298. The van der Waals surface area contributed by atoms with Gasteiger partial charge in [0.2, 0.25) is 5.95 Å². The number of anilines is 3. The van der Waals surface area contributed by atoms with Crippen LogP contribution >= 0.6 is 0 Å². The van der Waals surface area contributed by atoms with Crippen molar-refractivity contribution in [2.75, 3.05) is 16.4 Å². The van der Waals surface area contributed by atoms with Crippen LogP contribution in [0.1, 0.15) is 32.2 Å². The first-order chi connectivity index (χ1) is 16.1. The van der Waals surface area contributed by atoms with Gasteiger partial charge in [-0.25, -0.2) is 24.1 Å². The third kappa shape index (κ3) is 5.20. The lowest BCUT2D eigenvalue weighted by Crippen LogP contribution is -2.19. The number of aryl methyl sites for hydroxylation is 1. The van der Waals surface area contributed by atoms with Crippen molar-refractivity contribution in [3.63, 3.8) is 0 Å². The van der Waals surface area contributed by atoms with Gasteiger partial charge in [0.25, 0.3) is 0 Å². The average molecular weight is 460 g/mol. The fourth-order valence-electron chi connectivity index (χ4n) is 3.36. The average Bonchev–Trinajstić information content (AvgIpc) is 3.21. The van der Waals surface area contributed by atoms with E-state index in [4.69, 9.17) is 10.7 Å². The fourth-order valence-corrected chi connectivity index (χ4v) is 3.36. The van der Waals surface area contributed by atoms with E-state index in [1.807, 2.05) is 39.8 Å². The van der Waals surface area contributed by atoms with Crippen LogP contribution in [0.4, 0.5) is 26.5 Å². The van der Waals surface area contributed by atoms with Gasteiger partial charge < -0.3 is 21.4 Å². The van der Waals surface area contributed by atoms with Crippen molar-refractivity contribution in [1.82, 2.24) is 19.9 Å². The highest BCUT2D eigenvalue weighted by atomic mass is 19.1. The Kier molecular flexibility index (Phi) is 6.02. The molecule has 4 rings (SSSR count). The fraction of sp³-hybridized carbons (Fsp3) is 0.200. The summed E-state index contributed by atoms with van der Waals surface area (Å²) in [5, 5.41) is 5.43. The zero-order chi connectivity index (χ0) is 24.5. The lowest BCUT2D eigenvalue weighted by molar-refractivity contribution is 0.262. The molecule has 5 N–H and O–H groups in total. The molecule has 174 valence electrons. The number of aromatic amines is 1. The molecule has 8 nitrogen and oxygen atoms in total. The highest BCUT2D eigenvalue weighted by Gasteiger charge is 2.24. The highest BCUT2D eigenvalue weighted by Crippen LogP contribution is 2.34. The molecular formula is C25H26FN7O. The van der Waals surface area contributed by atoms with Gasteiger partial charge in [0.05, 0.1) is 17.1 Å².